The minimum absolute atomic E-state index is 0.218. The van der Waals surface area contributed by atoms with Gasteiger partial charge in [0.25, 0.3) is 0 Å². The monoisotopic (exact) mass is 289 g/mol. The van der Waals surface area contributed by atoms with Crippen molar-refractivity contribution in [1.29, 1.82) is 0 Å². The van der Waals surface area contributed by atoms with E-state index in [9.17, 15) is 13.2 Å². The molecule has 2 fully saturated rings. The molecule has 0 aromatic rings. The van der Waals surface area contributed by atoms with E-state index in [1.165, 1.54) is 12.8 Å². The molecular formula is C14H22F3N3. The molecule has 0 amide bonds. The molecule has 0 unspecified atom stereocenters. The van der Waals surface area contributed by atoms with Gasteiger partial charge in [-0.25, -0.2) is 0 Å². The Morgan fingerprint density at radius 2 is 1.70 bits per heavy atom. The van der Waals surface area contributed by atoms with E-state index in [2.05, 4.69) is 9.89 Å². The Kier molecular flexibility index (Phi) is 3.37. The topological polar surface area (TPSA) is 41.6 Å². The summed E-state index contributed by atoms with van der Waals surface area (Å²) >= 11 is 0. The normalized spacial score (nSPS) is 35.9. The van der Waals surface area contributed by atoms with Crippen LogP contribution in [0.4, 0.5) is 13.2 Å². The predicted molar refractivity (Wildman–Crippen MR) is 71.3 cm³/mol. The fraction of sp³-hybridized carbons (Fsp3) is 0.929. The molecule has 0 saturated heterocycles. The molecule has 20 heavy (non-hydrogen) atoms. The first-order valence-corrected chi connectivity index (χ1v) is 7.58. The van der Waals surface area contributed by atoms with Crippen molar-refractivity contribution in [3.63, 3.8) is 0 Å². The average molecular weight is 289 g/mol. The minimum Gasteiger partial charge on any atom is -0.370 e. The van der Waals surface area contributed by atoms with Crippen LogP contribution in [0.3, 0.4) is 0 Å². The van der Waals surface area contributed by atoms with Crippen LogP contribution in [-0.2, 0) is 0 Å². The summed E-state index contributed by atoms with van der Waals surface area (Å²) in [5.74, 6) is -0.581. The van der Waals surface area contributed by atoms with E-state index in [0.717, 1.165) is 12.8 Å². The van der Waals surface area contributed by atoms with Gasteiger partial charge in [-0.3, -0.25) is 4.99 Å². The van der Waals surface area contributed by atoms with Crippen LogP contribution < -0.4 is 5.73 Å². The van der Waals surface area contributed by atoms with Crippen LogP contribution >= 0.6 is 0 Å². The molecule has 1 spiro atoms. The van der Waals surface area contributed by atoms with Crippen molar-refractivity contribution in [3.05, 3.63) is 0 Å². The zero-order chi connectivity index (χ0) is 14.4. The van der Waals surface area contributed by atoms with E-state index in [1.807, 2.05) is 0 Å². The highest BCUT2D eigenvalue weighted by Crippen LogP contribution is 2.46. The van der Waals surface area contributed by atoms with E-state index in [1.54, 1.807) is 0 Å². The second-order valence-electron chi connectivity index (χ2n) is 6.52. The highest BCUT2D eigenvalue weighted by molar-refractivity contribution is 5.81. The highest BCUT2D eigenvalue weighted by atomic mass is 19.4. The molecule has 3 nitrogen and oxygen atoms in total. The first-order chi connectivity index (χ1) is 9.42. The lowest BCUT2D eigenvalue weighted by molar-refractivity contribution is -0.187. The summed E-state index contributed by atoms with van der Waals surface area (Å²) in [4.78, 5) is 6.55. The van der Waals surface area contributed by atoms with Gasteiger partial charge in [0.15, 0.2) is 5.96 Å². The molecule has 2 saturated carbocycles. The van der Waals surface area contributed by atoms with Crippen LogP contribution in [0.2, 0.25) is 0 Å². The maximum absolute atomic E-state index is 12.8. The van der Waals surface area contributed by atoms with Gasteiger partial charge in [-0.15, -0.1) is 0 Å². The lowest BCUT2D eigenvalue weighted by atomic mass is 9.75. The van der Waals surface area contributed by atoms with Crippen molar-refractivity contribution >= 4 is 5.96 Å². The smallest absolute Gasteiger partial charge is 0.370 e. The Bertz CT molecular complexity index is 391. The van der Waals surface area contributed by atoms with Crippen molar-refractivity contribution in [3.8, 4) is 0 Å². The zero-order valence-corrected chi connectivity index (χ0v) is 11.6. The number of hydrogen-bond acceptors (Lipinski definition) is 3. The molecule has 0 bridgehead atoms. The van der Waals surface area contributed by atoms with Crippen molar-refractivity contribution in [2.24, 2.45) is 16.6 Å². The van der Waals surface area contributed by atoms with E-state index < -0.39 is 12.1 Å². The molecule has 2 aliphatic carbocycles. The van der Waals surface area contributed by atoms with Gasteiger partial charge in [0.1, 0.15) is 0 Å². The Balaban J connectivity index is 1.73. The molecular weight excluding hydrogens is 267 g/mol. The third kappa shape index (κ3) is 2.27. The number of aliphatic imine (C=N–C) groups is 1. The fourth-order valence-corrected chi connectivity index (χ4v) is 4.24. The molecule has 0 radical (unpaired) electrons. The molecule has 0 aromatic carbocycles. The van der Waals surface area contributed by atoms with E-state index in [4.69, 9.17) is 5.73 Å². The highest BCUT2D eigenvalue weighted by Gasteiger charge is 2.51. The number of rotatable bonds is 1. The summed E-state index contributed by atoms with van der Waals surface area (Å²) in [5.41, 5.74) is 5.82. The Morgan fingerprint density at radius 1 is 1.10 bits per heavy atom. The quantitative estimate of drug-likeness (QED) is 0.806. The number of nitrogens with zero attached hydrogens (tertiary/aromatic N) is 2. The molecule has 0 atom stereocenters. The molecule has 1 heterocycles. The van der Waals surface area contributed by atoms with Gasteiger partial charge in [-0.1, -0.05) is 12.8 Å². The minimum atomic E-state index is -4.05. The van der Waals surface area contributed by atoms with Gasteiger partial charge in [-0.05, 0) is 38.5 Å². The summed E-state index contributed by atoms with van der Waals surface area (Å²) in [5, 5.41) is 0. The molecule has 0 aromatic heterocycles. The van der Waals surface area contributed by atoms with Crippen LogP contribution in [0, 0.1) is 5.92 Å². The second-order valence-corrected chi connectivity index (χ2v) is 6.52. The number of alkyl halides is 3. The average Bonchev–Trinajstić information content (AvgIpc) is 2.98. The van der Waals surface area contributed by atoms with Crippen molar-refractivity contribution in [2.45, 2.75) is 69.1 Å². The molecule has 6 heteroatoms. The van der Waals surface area contributed by atoms with E-state index >= 15 is 0 Å². The molecule has 3 aliphatic rings. The number of guanidine groups is 1. The van der Waals surface area contributed by atoms with Crippen LogP contribution in [-0.4, -0.2) is 35.2 Å². The van der Waals surface area contributed by atoms with Crippen LogP contribution in [0.1, 0.15) is 51.4 Å². The Morgan fingerprint density at radius 3 is 2.25 bits per heavy atom. The summed E-state index contributed by atoms with van der Waals surface area (Å²) in [6.07, 6.45) is 2.10. The Labute approximate surface area is 117 Å². The molecule has 114 valence electrons. The van der Waals surface area contributed by atoms with E-state index in [0.29, 0.717) is 31.4 Å². The summed E-state index contributed by atoms with van der Waals surface area (Å²) in [7, 11) is 0. The lowest BCUT2D eigenvalue weighted by Gasteiger charge is -2.47. The first-order valence-electron chi connectivity index (χ1n) is 7.58. The third-order valence-corrected chi connectivity index (χ3v) is 5.36. The zero-order valence-electron chi connectivity index (χ0n) is 11.6. The van der Waals surface area contributed by atoms with Gasteiger partial charge in [0.2, 0.25) is 0 Å². The fourth-order valence-electron chi connectivity index (χ4n) is 4.24. The van der Waals surface area contributed by atoms with Crippen molar-refractivity contribution < 1.29 is 13.2 Å². The predicted octanol–water partition coefficient (Wildman–Crippen LogP) is 3.05. The SMILES string of the molecule is NC1=NCC2(CCC(C(F)(F)F)CC2)N1C1CCCC1. The van der Waals surface area contributed by atoms with Gasteiger partial charge >= 0.3 is 6.18 Å². The van der Waals surface area contributed by atoms with Crippen LogP contribution in [0.5, 0.6) is 0 Å². The standard InChI is InChI=1S/C14H22F3N3/c15-14(16,17)10-5-7-13(8-6-10)9-19-12(18)20(13)11-3-1-2-4-11/h10-11H,1-9H2,(H2,18,19). The number of hydrogen-bond donors (Lipinski definition) is 1. The molecule has 1 aliphatic heterocycles. The summed E-state index contributed by atoms with van der Waals surface area (Å²) in [6.45, 7) is 0.583. The van der Waals surface area contributed by atoms with Crippen LogP contribution in [0.25, 0.3) is 0 Å². The van der Waals surface area contributed by atoms with Gasteiger partial charge in [0, 0.05) is 6.04 Å². The summed E-state index contributed by atoms with van der Waals surface area (Å²) < 4.78 is 38.5. The van der Waals surface area contributed by atoms with Gasteiger partial charge in [-0.2, -0.15) is 13.2 Å². The maximum atomic E-state index is 12.8. The van der Waals surface area contributed by atoms with E-state index in [-0.39, 0.29) is 18.4 Å². The first kappa shape index (κ1) is 14.0. The summed E-state index contributed by atoms with van der Waals surface area (Å²) in [6, 6.07) is 0.392. The number of nitrogens with two attached hydrogens (primary N) is 1. The lowest BCUT2D eigenvalue weighted by Crippen LogP contribution is -2.57. The largest absolute Gasteiger partial charge is 0.391 e. The maximum Gasteiger partial charge on any atom is 0.391 e. The Hall–Kier alpha value is -0.940. The second kappa shape index (κ2) is 4.81. The van der Waals surface area contributed by atoms with Crippen molar-refractivity contribution in [1.82, 2.24) is 4.90 Å². The van der Waals surface area contributed by atoms with Gasteiger partial charge in [0.05, 0.1) is 18.0 Å². The molecule has 2 N–H and O–H groups in total. The third-order valence-electron chi connectivity index (χ3n) is 5.36. The van der Waals surface area contributed by atoms with Gasteiger partial charge < -0.3 is 10.6 Å². The molecule has 3 rings (SSSR count). The van der Waals surface area contributed by atoms with Crippen molar-refractivity contribution in [2.75, 3.05) is 6.54 Å². The van der Waals surface area contributed by atoms with Crippen LogP contribution in [0.15, 0.2) is 4.99 Å². The number of halogens is 3.